The molecule has 0 spiro atoms. The molecule has 0 aliphatic heterocycles. The van der Waals surface area contributed by atoms with Gasteiger partial charge in [-0.3, -0.25) is 15.4 Å². The third-order valence-corrected chi connectivity index (χ3v) is 4.42. The maximum atomic E-state index is 11.8. The van der Waals surface area contributed by atoms with Crippen molar-refractivity contribution in [2.75, 3.05) is 0 Å². The van der Waals surface area contributed by atoms with Crippen molar-refractivity contribution < 1.29 is 24.4 Å². The van der Waals surface area contributed by atoms with Crippen molar-refractivity contribution in [3.8, 4) is 5.75 Å². The van der Waals surface area contributed by atoms with Crippen LogP contribution in [0.25, 0.3) is 0 Å². The van der Waals surface area contributed by atoms with Gasteiger partial charge in [0.05, 0.1) is 14.1 Å². The van der Waals surface area contributed by atoms with E-state index in [1.54, 1.807) is 20.8 Å². The van der Waals surface area contributed by atoms with Crippen molar-refractivity contribution in [1.82, 2.24) is 5.32 Å². The molecule has 0 radical (unpaired) electrons. The van der Waals surface area contributed by atoms with Gasteiger partial charge in [0.2, 0.25) is 0 Å². The molecule has 9 heteroatoms. The number of halogens is 1. The second kappa shape index (κ2) is 7.14. The minimum absolute atomic E-state index is 0.0305. The third kappa shape index (κ3) is 5.03. The van der Waals surface area contributed by atoms with Crippen LogP contribution >= 0.6 is 22.6 Å². The van der Waals surface area contributed by atoms with Gasteiger partial charge >= 0.3 is 6.09 Å². The molecular weight excluding hydrogens is 443 g/mol. The first-order valence-electron chi connectivity index (χ1n) is 7.38. The van der Waals surface area contributed by atoms with E-state index >= 15 is 0 Å². The van der Waals surface area contributed by atoms with Gasteiger partial charge in [-0.05, 0) is 39.5 Å². The molecule has 0 aliphatic rings. The van der Waals surface area contributed by atoms with E-state index in [0.29, 0.717) is 14.7 Å². The highest BCUT2D eigenvalue weighted by atomic mass is 127. The van der Waals surface area contributed by atoms with Crippen molar-refractivity contribution >= 4 is 40.5 Å². The Kier molecular flexibility index (Phi) is 6.04. The summed E-state index contributed by atoms with van der Waals surface area (Å²) in [6.45, 7) is 10.9. The number of rotatable bonds is 2. The zero-order valence-electron chi connectivity index (χ0n) is 14.9. The molecule has 0 aliphatic carbocycles. The topological polar surface area (TPSA) is 122 Å². The van der Waals surface area contributed by atoms with Crippen LogP contribution in [0, 0.1) is 13.7 Å². The quantitative estimate of drug-likeness (QED) is 0.408. The first-order valence-corrected chi connectivity index (χ1v) is 8.45. The number of carbonyl (C=O) groups excluding carboxylic acids is 2. The number of benzene rings is 1. The van der Waals surface area contributed by atoms with Crippen LogP contribution in [0.1, 0.15) is 52.7 Å². The van der Waals surface area contributed by atoms with Crippen LogP contribution < -0.4 is 15.2 Å². The molecule has 1 aromatic carbocycles. The second-order valence-electron chi connectivity index (χ2n) is 7.52. The van der Waals surface area contributed by atoms with E-state index in [9.17, 15) is 24.8 Å². The average molecular weight is 463 g/mol. The van der Waals surface area contributed by atoms with Gasteiger partial charge in [0.25, 0.3) is 5.69 Å². The smallest absolute Gasteiger partial charge is 0.418 e. The number of hydrogen-bond acceptors (Lipinski definition) is 6. The molecule has 0 bridgehead atoms. The number of nitro groups is 1. The number of amides is 2. The summed E-state index contributed by atoms with van der Waals surface area (Å²) < 4.78 is 5.43. The number of carboxylic acid groups (broad SMARTS) is 1. The Bertz CT molecular complexity index is 732. The Morgan fingerprint density at radius 2 is 1.68 bits per heavy atom. The molecule has 1 N–H and O–H groups in total. The first-order chi connectivity index (χ1) is 11.2. The maximum absolute atomic E-state index is 11.8. The van der Waals surface area contributed by atoms with E-state index in [-0.39, 0.29) is 11.4 Å². The monoisotopic (exact) mass is 463 g/mol. The van der Waals surface area contributed by atoms with Gasteiger partial charge in [0.1, 0.15) is 11.8 Å². The Balaban J connectivity index is 3.75. The van der Waals surface area contributed by atoms with Gasteiger partial charge < -0.3 is 14.6 Å². The minimum Gasteiger partial charge on any atom is -0.530 e. The average Bonchev–Trinajstić information content (AvgIpc) is 2.36. The highest BCUT2D eigenvalue weighted by Gasteiger charge is 2.37. The lowest BCUT2D eigenvalue weighted by Gasteiger charge is -2.27. The minimum atomic E-state index is -1.80. The van der Waals surface area contributed by atoms with Gasteiger partial charge in [-0.25, -0.2) is 4.79 Å². The molecule has 0 aromatic heterocycles. The highest BCUT2D eigenvalue weighted by Crippen LogP contribution is 2.45. The summed E-state index contributed by atoms with van der Waals surface area (Å²) in [5.41, 5.74) is -0.434. The second-order valence-corrected chi connectivity index (χ2v) is 8.60. The molecule has 0 saturated heterocycles. The third-order valence-electron chi connectivity index (χ3n) is 3.35. The molecule has 25 heavy (non-hydrogen) atoms. The van der Waals surface area contributed by atoms with Crippen LogP contribution in [0.3, 0.4) is 0 Å². The summed E-state index contributed by atoms with van der Waals surface area (Å²) in [5.74, 6) is 0.0554. The number of nitro benzene ring substituents is 1. The number of nitrogens with one attached hydrogen (secondary N) is 1. The van der Waals surface area contributed by atoms with E-state index in [1.807, 2.05) is 43.4 Å². The van der Waals surface area contributed by atoms with Crippen molar-refractivity contribution in [1.29, 1.82) is 0 Å². The van der Waals surface area contributed by atoms with Crippen LogP contribution in [0.2, 0.25) is 0 Å². The Labute approximate surface area is 159 Å². The lowest BCUT2D eigenvalue weighted by atomic mass is 9.78. The van der Waals surface area contributed by atoms with Crippen molar-refractivity contribution in [2.45, 2.75) is 52.4 Å². The van der Waals surface area contributed by atoms with Crippen LogP contribution in [0.4, 0.5) is 15.3 Å². The van der Waals surface area contributed by atoms with Crippen LogP contribution in [0.15, 0.2) is 6.07 Å². The Hall–Kier alpha value is -1.91. The summed E-state index contributed by atoms with van der Waals surface area (Å²) in [6.07, 6.45) is -3.03. The van der Waals surface area contributed by atoms with E-state index in [2.05, 4.69) is 0 Å². The number of nitrogens with zero attached hydrogens (tertiary/aromatic N) is 1. The van der Waals surface area contributed by atoms with Gasteiger partial charge in [-0.2, -0.15) is 0 Å². The zero-order valence-corrected chi connectivity index (χ0v) is 17.0. The van der Waals surface area contributed by atoms with Gasteiger partial charge in [-0.1, -0.05) is 41.5 Å². The zero-order chi connectivity index (χ0) is 19.7. The van der Waals surface area contributed by atoms with Gasteiger partial charge in [0, 0.05) is 5.56 Å². The van der Waals surface area contributed by atoms with Crippen LogP contribution in [-0.2, 0) is 10.8 Å². The summed E-state index contributed by atoms with van der Waals surface area (Å²) in [7, 11) is 0. The fourth-order valence-corrected chi connectivity index (χ4v) is 3.68. The standard InChI is InChI=1S/C16H21IN2O6/c1-15(2,3)8-7-9(25-14(22)18-13(20)21)11(17)10(16(4,5)6)12(8)19(23)24/h7H,1-6H3,(H,18,22)(H,20,21)/p-1. The molecule has 2 amide bonds. The Morgan fingerprint density at radius 1 is 1.16 bits per heavy atom. The van der Waals surface area contributed by atoms with Crippen LogP contribution in [0.5, 0.6) is 5.75 Å². The largest absolute Gasteiger partial charge is 0.530 e. The molecule has 0 heterocycles. The predicted molar refractivity (Wildman–Crippen MR) is 97.8 cm³/mol. The number of carbonyl (C=O) groups is 2. The van der Waals surface area contributed by atoms with Gasteiger partial charge in [0.15, 0.2) is 0 Å². The summed E-state index contributed by atoms with van der Waals surface area (Å²) in [6, 6.07) is 1.41. The highest BCUT2D eigenvalue weighted by molar-refractivity contribution is 14.1. The summed E-state index contributed by atoms with van der Waals surface area (Å²) in [4.78, 5) is 33.4. The molecule has 138 valence electrons. The predicted octanol–water partition coefficient (Wildman–Crippen LogP) is 3.23. The van der Waals surface area contributed by atoms with Crippen molar-refractivity contribution in [3.05, 3.63) is 30.9 Å². The summed E-state index contributed by atoms with van der Waals surface area (Å²) in [5, 5.41) is 23.7. The fraction of sp³-hybridized carbons (Fsp3) is 0.500. The van der Waals surface area contributed by atoms with Crippen molar-refractivity contribution in [3.63, 3.8) is 0 Å². The normalized spacial score (nSPS) is 11.8. The van der Waals surface area contributed by atoms with E-state index in [4.69, 9.17) is 4.74 Å². The molecule has 0 atom stereocenters. The first kappa shape index (κ1) is 21.1. The molecular formula is C16H20IN2O6-. The fourth-order valence-electron chi connectivity index (χ4n) is 2.35. The molecule has 0 unspecified atom stereocenters. The molecule has 8 nitrogen and oxygen atoms in total. The van der Waals surface area contributed by atoms with E-state index in [0.717, 1.165) is 0 Å². The molecule has 0 fully saturated rings. The number of imide groups is 1. The maximum Gasteiger partial charge on any atom is 0.418 e. The number of ether oxygens (including phenoxy) is 1. The number of hydrogen-bond donors (Lipinski definition) is 1. The van der Waals surface area contributed by atoms with Crippen molar-refractivity contribution in [2.24, 2.45) is 0 Å². The summed E-state index contributed by atoms with van der Waals surface area (Å²) >= 11 is 1.86. The molecule has 1 rings (SSSR count). The van der Waals surface area contributed by atoms with E-state index < -0.39 is 27.9 Å². The molecule has 0 saturated carbocycles. The van der Waals surface area contributed by atoms with Gasteiger partial charge in [-0.15, -0.1) is 0 Å². The van der Waals surface area contributed by atoms with Crippen LogP contribution in [-0.4, -0.2) is 17.1 Å². The lowest BCUT2D eigenvalue weighted by molar-refractivity contribution is -0.387. The van der Waals surface area contributed by atoms with E-state index in [1.165, 1.54) is 11.4 Å². The molecule has 1 aromatic rings. The lowest BCUT2D eigenvalue weighted by Crippen LogP contribution is -2.42. The Morgan fingerprint density at radius 3 is 2.04 bits per heavy atom. The SMILES string of the molecule is CC(C)(C)c1cc(OC(=O)NC(=O)[O-])c(I)c(C(C)(C)C)c1[N+](=O)[O-].